The van der Waals surface area contributed by atoms with Crippen molar-refractivity contribution < 1.29 is 9.47 Å². The molecule has 0 unspecified atom stereocenters. The van der Waals surface area contributed by atoms with Crippen LogP contribution in [0.1, 0.15) is 24.2 Å². The fourth-order valence-electron chi connectivity index (χ4n) is 2.70. The van der Waals surface area contributed by atoms with Gasteiger partial charge in [0.1, 0.15) is 11.5 Å². The molecule has 0 fully saturated rings. The standard InChI is InChI=1S/C18H25N3O4/c1-12-10-17(22)21(18(23)19-12)9-8-20(3)13(2)15-7-6-14(24-4)11-16(15)25-5/h6-7,10-11,13H,8-9H2,1-5H3,(H,19,23)/t13-/m1/s1. The lowest BCUT2D eigenvalue weighted by atomic mass is 10.1. The summed E-state index contributed by atoms with van der Waals surface area (Å²) in [5, 5.41) is 0. The first-order valence-corrected chi connectivity index (χ1v) is 8.10. The van der Waals surface area contributed by atoms with Gasteiger partial charge in [-0.05, 0) is 27.0 Å². The largest absolute Gasteiger partial charge is 0.497 e. The Hall–Kier alpha value is -2.54. The molecule has 0 spiro atoms. The van der Waals surface area contributed by atoms with Crippen LogP contribution in [0.4, 0.5) is 0 Å². The molecule has 0 radical (unpaired) electrons. The second kappa shape index (κ2) is 8.02. The van der Waals surface area contributed by atoms with Gasteiger partial charge in [0, 0.05) is 42.5 Å². The van der Waals surface area contributed by atoms with Gasteiger partial charge in [-0.2, -0.15) is 0 Å². The lowest BCUT2D eigenvalue weighted by molar-refractivity contribution is 0.242. The maximum absolute atomic E-state index is 12.0. The molecule has 0 aliphatic heterocycles. The molecule has 0 saturated carbocycles. The minimum Gasteiger partial charge on any atom is -0.497 e. The van der Waals surface area contributed by atoms with E-state index in [-0.39, 0.29) is 17.3 Å². The van der Waals surface area contributed by atoms with Gasteiger partial charge in [0.25, 0.3) is 5.56 Å². The Labute approximate surface area is 146 Å². The SMILES string of the molecule is COc1ccc([C@@H](C)N(C)CCn2c(=O)cc(C)[nH]c2=O)c(OC)c1. The predicted molar refractivity (Wildman–Crippen MR) is 96.7 cm³/mol. The van der Waals surface area contributed by atoms with Gasteiger partial charge in [-0.3, -0.25) is 14.3 Å². The predicted octanol–water partition coefficient (Wildman–Crippen LogP) is 1.56. The molecule has 1 heterocycles. The average molecular weight is 347 g/mol. The summed E-state index contributed by atoms with van der Waals surface area (Å²) in [6, 6.07) is 7.16. The van der Waals surface area contributed by atoms with Crippen LogP contribution in [0.3, 0.4) is 0 Å². The number of aryl methyl sites for hydroxylation is 1. The van der Waals surface area contributed by atoms with Crippen molar-refractivity contribution in [3.8, 4) is 11.5 Å². The van der Waals surface area contributed by atoms with Crippen LogP contribution in [-0.2, 0) is 6.54 Å². The van der Waals surface area contributed by atoms with Gasteiger partial charge in [0.15, 0.2) is 0 Å². The molecule has 1 aromatic heterocycles. The van der Waals surface area contributed by atoms with Crippen LogP contribution in [0.15, 0.2) is 33.9 Å². The summed E-state index contributed by atoms with van der Waals surface area (Å²) in [6.45, 7) is 4.60. The fourth-order valence-corrected chi connectivity index (χ4v) is 2.70. The van der Waals surface area contributed by atoms with Crippen LogP contribution in [-0.4, -0.2) is 42.3 Å². The van der Waals surface area contributed by atoms with Crippen molar-refractivity contribution >= 4 is 0 Å². The Morgan fingerprint density at radius 2 is 1.92 bits per heavy atom. The van der Waals surface area contributed by atoms with Crippen LogP contribution in [0, 0.1) is 6.92 Å². The monoisotopic (exact) mass is 347 g/mol. The average Bonchev–Trinajstić information content (AvgIpc) is 2.59. The molecule has 7 heteroatoms. The van der Waals surface area contributed by atoms with Crippen LogP contribution < -0.4 is 20.7 Å². The molecule has 0 aliphatic rings. The first kappa shape index (κ1) is 18.8. The molecule has 0 amide bonds. The summed E-state index contributed by atoms with van der Waals surface area (Å²) in [4.78, 5) is 28.6. The quantitative estimate of drug-likeness (QED) is 0.822. The zero-order valence-corrected chi connectivity index (χ0v) is 15.3. The summed E-state index contributed by atoms with van der Waals surface area (Å²) >= 11 is 0. The van der Waals surface area contributed by atoms with E-state index >= 15 is 0 Å². The number of rotatable bonds is 7. The van der Waals surface area contributed by atoms with Crippen molar-refractivity contribution in [1.29, 1.82) is 0 Å². The minimum absolute atomic E-state index is 0.0427. The molecule has 25 heavy (non-hydrogen) atoms. The molecule has 1 aromatic carbocycles. The lowest BCUT2D eigenvalue weighted by Crippen LogP contribution is -2.38. The Morgan fingerprint density at radius 1 is 1.20 bits per heavy atom. The Balaban J connectivity index is 2.15. The van der Waals surface area contributed by atoms with Crippen molar-refractivity contribution in [1.82, 2.24) is 14.5 Å². The van der Waals surface area contributed by atoms with E-state index in [1.54, 1.807) is 21.1 Å². The molecule has 2 rings (SSSR count). The van der Waals surface area contributed by atoms with Crippen LogP contribution in [0.5, 0.6) is 11.5 Å². The maximum atomic E-state index is 12.0. The smallest absolute Gasteiger partial charge is 0.328 e. The Morgan fingerprint density at radius 3 is 2.52 bits per heavy atom. The van der Waals surface area contributed by atoms with Gasteiger partial charge < -0.3 is 14.5 Å². The van der Waals surface area contributed by atoms with E-state index in [1.165, 1.54) is 10.6 Å². The highest BCUT2D eigenvalue weighted by Crippen LogP contribution is 2.31. The van der Waals surface area contributed by atoms with Gasteiger partial charge in [-0.25, -0.2) is 4.79 Å². The maximum Gasteiger partial charge on any atom is 0.328 e. The van der Waals surface area contributed by atoms with Crippen molar-refractivity contribution in [3.63, 3.8) is 0 Å². The van der Waals surface area contributed by atoms with E-state index in [1.807, 2.05) is 32.2 Å². The number of H-pyrrole nitrogens is 1. The van der Waals surface area contributed by atoms with Gasteiger partial charge in [0.2, 0.25) is 0 Å². The molecule has 0 saturated heterocycles. The summed E-state index contributed by atoms with van der Waals surface area (Å²) in [5.41, 5.74) is 0.907. The number of hydrogen-bond acceptors (Lipinski definition) is 5. The highest BCUT2D eigenvalue weighted by Gasteiger charge is 2.17. The highest BCUT2D eigenvalue weighted by atomic mass is 16.5. The number of nitrogens with zero attached hydrogens (tertiary/aromatic N) is 2. The topological polar surface area (TPSA) is 76.6 Å². The molecular formula is C18H25N3O4. The van der Waals surface area contributed by atoms with Gasteiger partial charge >= 0.3 is 5.69 Å². The van der Waals surface area contributed by atoms with E-state index in [0.29, 0.717) is 18.8 Å². The van der Waals surface area contributed by atoms with Crippen molar-refractivity contribution in [2.45, 2.75) is 26.4 Å². The minimum atomic E-state index is -0.381. The van der Waals surface area contributed by atoms with Crippen molar-refractivity contribution in [2.24, 2.45) is 0 Å². The third-order valence-electron chi connectivity index (χ3n) is 4.38. The molecule has 0 aliphatic carbocycles. The van der Waals surface area contributed by atoms with Gasteiger partial charge in [-0.1, -0.05) is 6.07 Å². The molecule has 1 N–H and O–H groups in total. The first-order valence-electron chi connectivity index (χ1n) is 8.10. The second-order valence-electron chi connectivity index (χ2n) is 6.01. The van der Waals surface area contributed by atoms with E-state index in [0.717, 1.165) is 17.1 Å². The van der Waals surface area contributed by atoms with E-state index in [4.69, 9.17) is 9.47 Å². The molecule has 136 valence electrons. The molecule has 1 atom stereocenters. The summed E-state index contributed by atoms with van der Waals surface area (Å²) in [6.07, 6.45) is 0. The lowest BCUT2D eigenvalue weighted by Gasteiger charge is -2.26. The van der Waals surface area contributed by atoms with Crippen LogP contribution in [0.25, 0.3) is 0 Å². The number of aromatic amines is 1. The van der Waals surface area contributed by atoms with E-state index in [2.05, 4.69) is 9.88 Å². The molecule has 2 aromatic rings. The van der Waals surface area contributed by atoms with Gasteiger partial charge in [0.05, 0.1) is 14.2 Å². The van der Waals surface area contributed by atoms with Crippen LogP contribution >= 0.6 is 0 Å². The molecule has 0 bridgehead atoms. The van der Waals surface area contributed by atoms with Crippen molar-refractivity contribution in [2.75, 3.05) is 27.8 Å². The van der Waals surface area contributed by atoms with Crippen LogP contribution in [0.2, 0.25) is 0 Å². The zero-order valence-electron chi connectivity index (χ0n) is 15.3. The molecule has 7 nitrogen and oxygen atoms in total. The number of nitrogens with one attached hydrogen (secondary N) is 1. The fraction of sp³-hybridized carbons (Fsp3) is 0.444. The number of methoxy groups -OCH3 is 2. The van der Waals surface area contributed by atoms with E-state index < -0.39 is 0 Å². The number of hydrogen-bond donors (Lipinski definition) is 1. The summed E-state index contributed by atoms with van der Waals surface area (Å²) in [7, 11) is 5.18. The number of ether oxygens (including phenoxy) is 2. The normalized spacial score (nSPS) is 12.2. The third-order valence-corrected chi connectivity index (χ3v) is 4.38. The number of likely N-dealkylation sites (N-methyl/N-ethyl adjacent to an activating group) is 1. The van der Waals surface area contributed by atoms with Crippen molar-refractivity contribution in [3.05, 3.63) is 56.4 Å². The molecular weight excluding hydrogens is 322 g/mol. The Kier molecular flexibility index (Phi) is 6.03. The Bertz CT molecular complexity index is 810. The van der Waals surface area contributed by atoms with Gasteiger partial charge in [-0.15, -0.1) is 0 Å². The summed E-state index contributed by atoms with van der Waals surface area (Å²) in [5.74, 6) is 1.47. The highest BCUT2D eigenvalue weighted by molar-refractivity contribution is 5.42. The van der Waals surface area contributed by atoms with E-state index in [9.17, 15) is 9.59 Å². The first-order chi connectivity index (χ1) is 11.9. The third kappa shape index (κ3) is 4.30. The zero-order chi connectivity index (χ0) is 18.6. The second-order valence-corrected chi connectivity index (χ2v) is 6.01. The number of benzene rings is 1. The summed E-state index contributed by atoms with van der Waals surface area (Å²) < 4.78 is 11.9. The number of aromatic nitrogens is 2.